The first-order valence-corrected chi connectivity index (χ1v) is 6.56. The van der Waals surface area contributed by atoms with E-state index in [9.17, 15) is 15.3 Å². The van der Waals surface area contributed by atoms with Gasteiger partial charge in [-0.15, -0.1) is 0 Å². The average molecular weight is 311 g/mol. The number of hydrogen-bond donors (Lipinski definition) is 3. The van der Waals surface area contributed by atoms with E-state index >= 15 is 0 Å². The van der Waals surface area contributed by atoms with E-state index in [0.717, 1.165) is 0 Å². The molecule has 0 amide bonds. The summed E-state index contributed by atoms with van der Waals surface area (Å²) in [4.78, 5) is 0. The largest absolute Gasteiger partial charge is 0.504 e. The number of phenols is 2. The SMILES string of the molecule is Oc1ccc(/C=C/C(O)c2ccc(Cl)cc2Cl)cc1O. The van der Waals surface area contributed by atoms with Crippen molar-refractivity contribution in [2.45, 2.75) is 6.10 Å². The van der Waals surface area contributed by atoms with E-state index in [2.05, 4.69) is 0 Å². The molecule has 0 aliphatic heterocycles. The molecule has 0 aliphatic carbocycles. The Hall–Kier alpha value is -1.68. The van der Waals surface area contributed by atoms with Gasteiger partial charge in [-0.3, -0.25) is 0 Å². The number of hydrogen-bond acceptors (Lipinski definition) is 3. The van der Waals surface area contributed by atoms with E-state index in [-0.39, 0.29) is 11.5 Å². The summed E-state index contributed by atoms with van der Waals surface area (Å²) >= 11 is 11.8. The molecule has 2 rings (SSSR count). The summed E-state index contributed by atoms with van der Waals surface area (Å²) in [5.41, 5.74) is 1.18. The Morgan fingerprint density at radius 3 is 2.35 bits per heavy atom. The Kier molecular flexibility index (Phi) is 4.55. The molecule has 1 atom stereocenters. The zero-order chi connectivity index (χ0) is 14.7. The Morgan fingerprint density at radius 2 is 1.70 bits per heavy atom. The van der Waals surface area contributed by atoms with Gasteiger partial charge in [-0.05, 0) is 29.8 Å². The van der Waals surface area contributed by atoms with Crippen LogP contribution in [-0.2, 0) is 0 Å². The zero-order valence-electron chi connectivity index (χ0n) is 10.3. The van der Waals surface area contributed by atoms with Crippen LogP contribution >= 0.6 is 23.2 Å². The second-order valence-electron chi connectivity index (χ2n) is 4.22. The van der Waals surface area contributed by atoms with Crippen LogP contribution in [0.3, 0.4) is 0 Å². The third-order valence-corrected chi connectivity index (χ3v) is 3.31. The van der Waals surface area contributed by atoms with Gasteiger partial charge >= 0.3 is 0 Å². The van der Waals surface area contributed by atoms with Gasteiger partial charge in [0.05, 0.1) is 6.10 Å². The number of phenolic OH excluding ortho intramolecular Hbond substituents is 2. The fourth-order valence-electron chi connectivity index (χ4n) is 1.69. The van der Waals surface area contributed by atoms with Crippen LogP contribution in [0.2, 0.25) is 10.0 Å². The third-order valence-electron chi connectivity index (χ3n) is 2.75. The highest BCUT2D eigenvalue weighted by Crippen LogP contribution is 2.29. The van der Waals surface area contributed by atoms with Crippen LogP contribution in [0.25, 0.3) is 6.08 Å². The van der Waals surface area contributed by atoms with Crippen molar-refractivity contribution in [1.29, 1.82) is 0 Å². The van der Waals surface area contributed by atoms with Crippen molar-refractivity contribution in [3.63, 3.8) is 0 Å². The van der Waals surface area contributed by atoms with Gasteiger partial charge in [0.1, 0.15) is 0 Å². The lowest BCUT2D eigenvalue weighted by Crippen LogP contribution is -1.94. The van der Waals surface area contributed by atoms with Crippen LogP contribution in [0.4, 0.5) is 0 Å². The predicted molar refractivity (Wildman–Crippen MR) is 80.2 cm³/mol. The van der Waals surface area contributed by atoms with Gasteiger partial charge in [-0.2, -0.15) is 0 Å². The van der Waals surface area contributed by atoms with Gasteiger partial charge < -0.3 is 15.3 Å². The molecule has 0 radical (unpaired) electrons. The fourth-order valence-corrected chi connectivity index (χ4v) is 2.21. The second-order valence-corrected chi connectivity index (χ2v) is 5.06. The monoisotopic (exact) mass is 310 g/mol. The lowest BCUT2D eigenvalue weighted by molar-refractivity contribution is 0.229. The summed E-state index contributed by atoms with van der Waals surface area (Å²) < 4.78 is 0. The van der Waals surface area contributed by atoms with Crippen LogP contribution in [0.5, 0.6) is 11.5 Å². The third kappa shape index (κ3) is 3.45. The van der Waals surface area contributed by atoms with Crippen molar-refractivity contribution in [2.75, 3.05) is 0 Å². The number of aromatic hydroxyl groups is 2. The van der Waals surface area contributed by atoms with Gasteiger partial charge in [0.25, 0.3) is 0 Å². The molecule has 104 valence electrons. The van der Waals surface area contributed by atoms with Crippen molar-refractivity contribution in [2.24, 2.45) is 0 Å². The summed E-state index contributed by atoms with van der Waals surface area (Å²) in [5, 5.41) is 29.5. The minimum Gasteiger partial charge on any atom is -0.504 e. The lowest BCUT2D eigenvalue weighted by Gasteiger charge is -2.08. The molecule has 0 bridgehead atoms. The van der Waals surface area contributed by atoms with Gasteiger partial charge in [0, 0.05) is 15.6 Å². The van der Waals surface area contributed by atoms with Gasteiger partial charge in [0.2, 0.25) is 0 Å². The molecule has 0 fully saturated rings. The quantitative estimate of drug-likeness (QED) is 0.746. The van der Waals surface area contributed by atoms with Crippen LogP contribution in [0.15, 0.2) is 42.5 Å². The predicted octanol–water partition coefficient (Wildman–Crippen LogP) is 4.15. The maximum Gasteiger partial charge on any atom is 0.157 e. The minimum absolute atomic E-state index is 0.191. The molecule has 0 aliphatic rings. The van der Waals surface area contributed by atoms with Gasteiger partial charge in [-0.1, -0.05) is 47.5 Å². The highest BCUT2D eigenvalue weighted by atomic mass is 35.5. The first kappa shape index (κ1) is 14.7. The number of aliphatic hydroxyl groups excluding tert-OH is 1. The van der Waals surface area contributed by atoms with Crippen molar-refractivity contribution in [1.82, 2.24) is 0 Å². The topological polar surface area (TPSA) is 60.7 Å². The highest BCUT2D eigenvalue weighted by molar-refractivity contribution is 6.35. The fraction of sp³-hybridized carbons (Fsp3) is 0.0667. The number of halogens is 2. The molecule has 0 spiro atoms. The Bertz CT molecular complexity index is 654. The van der Waals surface area contributed by atoms with Gasteiger partial charge in [-0.25, -0.2) is 0 Å². The summed E-state index contributed by atoms with van der Waals surface area (Å²) in [6, 6.07) is 9.22. The molecular formula is C15H12Cl2O3. The van der Waals surface area contributed by atoms with Crippen LogP contribution in [0.1, 0.15) is 17.2 Å². The van der Waals surface area contributed by atoms with E-state index < -0.39 is 6.10 Å². The molecular weight excluding hydrogens is 299 g/mol. The Balaban J connectivity index is 2.19. The molecule has 1 unspecified atom stereocenters. The first-order chi connectivity index (χ1) is 9.47. The molecule has 2 aromatic rings. The Morgan fingerprint density at radius 1 is 0.950 bits per heavy atom. The van der Waals surface area contributed by atoms with E-state index in [1.54, 1.807) is 30.3 Å². The summed E-state index contributed by atoms with van der Waals surface area (Å²) in [5.74, 6) is -0.408. The molecule has 3 nitrogen and oxygen atoms in total. The van der Waals surface area contributed by atoms with E-state index in [4.69, 9.17) is 23.2 Å². The molecule has 0 heterocycles. The standard InChI is InChI=1S/C15H12Cl2O3/c16-10-3-4-11(12(17)8-10)13(18)5-1-9-2-6-14(19)15(20)7-9/h1-8,13,18-20H/b5-1+. The molecule has 5 heteroatoms. The molecule has 20 heavy (non-hydrogen) atoms. The van der Waals surface area contributed by atoms with E-state index in [1.807, 2.05) is 0 Å². The summed E-state index contributed by atoms with van der Waals surface area (Å²) in [7, 11) is 0. The molecule has 0 saturated heterocycles. The smallest absolute Gasteiger partial charge is 0.157 e. The van der Waals surface area contributed by atoms with E-state index in [0.29, 0.717) is 21.2 Å². The molecule has 2 aromatic carbocycles. The first-order valence-electron chi connectivity index (χ1n) is 5.80. The van der Waals surface area contributed by atoms with Crippen LogP contribution < -0.4 is 0 Å². The van der Waals surface area contributed by atoms with Crippen molar-refractivity contribution in [3.8, 4) is 11.5 Å². The zero-order valence-corrected chi connectivity index (χ0v) is 11.8. The molecule has 0 saturated carbocycles. The van der Waals surface area contributed by atoms with Gasteiger partial charge in [0.15, 0.2) is 11.5 Å². The summed E-state index contributed by atoms with van der Waals surface area (Å²) in [6.45, 7) is 0. The number of rotatable bonds is 3. The minimum atomic E-state index is -0.893. The summed E-state index contributed by atoms with van der Waals surface area (Å²) in [6.07, 6.45) is 2.26. The Labute approximate surface area is 126 Å². The van der Waals surface area contributed by atoms with Crippen LogP contribution in [-0.4, -0.2) is 15.3 Å². The normalized spacial score (nSPS) is 12.8. The number of aliphatic hydroxyl groups is 1. The van der Waals surface area contributed by atoms with Crippen LogP contribution in [0, 0.1) is 0 Å². The maximum absolute atomic E-state index is 10.1. The highest BCUT2D eigenvalue weighted by Gasteiger charge is 2.08. The maximum atomic E-state index is 10.1. The van der Waals surface area contributed by atoms with E-state index in [1.165, 1.54) is 18.2 Å². The average Bonchev–Trinajstić information content (AvgIpc) is 2.40. The number of benzene rings is 2. The second kappa shape index (κ2) is 6.18. The molecule has 0 aromatic heterocycles. The molecule has 3 N–H and O–H groups in total. The van der Waals surface area contributed by atoms with Crippen molar-refractivity contribution < 1.29 is 15.3 Å². The van der Waals surface area contributed by atoms with Crippen molar-refractivity contribution >= 4 is 29.3 Å². The lowest BCUT2D eigenvalue weighted by atomic mass is 10.1. The van der Waals surface area contributed by atoms with Crippen molar-refractivity contribution in [3.05, 3.63) is 63.6 Å².